The minimum absolute atomic E-state index is 0.126. The summed E-state index contributed by atoms with van der Waals surface area (Å²) in [6.45, 7) is 0.606. The number of likely N-dealkylation sites (tertiary alicyclic amines) is 1. The molecule has 3 aromatic rings. The number of rotatable bonds is 4. The van der Waals surface area contributed by atoms with Crippen LogP contribution in [-0.2, 0) is 16.1 Å². The van der Waals surface area contributed by atoms with E-state index in [0.29, 0.717) is 42.3 Å². The molecule has 10 heteroatoms. The molecule has 0 atom stereocenters. The predicted octanol–water partition coefficient (Wildman–Crippen LogP) is 2.46. The van der Waals surface area contributed by atoms with Crippen molar-refractivity contribution in [1.82, 2.24) is 19.4 Å². The van der Waals surface area contributed by atoms with Crippen LogP contribution in [0.5, 0.6) is 0 Å². The van der Waals surface area contributed by atoms with E-state index in [1.54, 1.807) is 17.0 Å². The number of benzene rings is 1. The van der Waals surface area contributed by atoms with E-state index >= 15 is 0 Å². The first-order chi connectivity index (χ1) is 14.9. The molecule has 0 saturated carbocycles. The van der Waals surface area contributed by atoms with E-state index in [1.165, 1.54) is 29.2 Å². The van der Waals surface area contributed by atoms with Gasteiger partial charge in [0, 0.05) is 25.2 Å². The first-order valence-corrected chi connectivity index (χ1v) is 10.1. The van der Waals surface area contributed by atoms with Crippen molar-refractivity contribution in [3.63, 3.8) is 0 Å². The molecular formula is C21H19ClFN5O3. The van der Waals surface area contributed by atoms with Gasteiger partial charge < -0.3 is 10.2 Å². The number of anilines is 1. The van der Waals surface area contributed by atoms with Crippen molar-refractivity contribution < 1.29 is 14.0 Å². The Labute approximate surface area is 181 Å². The first-order valence-electron chi connectivity index (χ1n) is 9.75. The highest BCUT2D eigenvalue weighted by atomic mass is 35.5. The average Bonchev–Trinajstić information content (AvgIpc) is 2.77. The second-order valence-electron chi connectivity index (χ2n) is 7.35. The number of fused-ring (bicyclic) bond motifs is 1. The van der Waals surface area contributed by atoms with Gasteiger partial charge in [-0.25, -0.2) is 14.4 Å². The molecule has 1 saturated heterocycles. The van der Waals surface area contributed by atoms with E-state index in [2.05, 4.69) is 15.3 Å². The molecule has 0 bridgehead atoms. The third-order valence-electron chi connectivity index (χ3n) is 5.29. The summed E-state index contributed by atoms with van der Waals surface area (Å²) >= 11 is 5.79. The lowest BCUT2D eigenvalue weighted by Crippen LogP contribution is -2.43. The smallest absolute Gasteiger partial charge is 0.261 e. The minimum Gasteiger partial charge on any atom is -0.341 e. The van der Waals surface area contributed by atoms with Crippen LogP contribution in [0.1, 0.15) is 12.8 Å². The summed E-state index contributed by atoms with van der Waals surface area (Å²) in [5, 5.41) is 3.36. The number of carbonyl (C=O) groups excluding carboxylic acids is 2. The topological polar surface area (TPSA) is 97.2 Å². The fraction of sp³-hybridized carbons (Fsp3) is 0.286. The normalized spacial score (nSPS) is 14.6. The lowest BCUT2D eigenvalue weighted by atomic mass is 9.96. The Morgan fingerprint density at radius 1 is 1.16 bits per heavy atom. The average molecular weight is 444 g/mol. The fourth-order valence-corrected chi connectivity index (χ4v) is 3.67. The summed E-state index contributed by atoms with van der Waals surface area (Å²) in [4.78, 5) is 47.4. The standard InChI is InChI=1S/C21H19ClFN5O3/c22-14-1-4-18(24-10-14)26-20(30)13-5-7-27(8-6-13)19(29)11-28-12-25-17-3-2-15(23)9-16(17)21(28)31/h1-4,9-10,12-13H,5-8,11H2,(H,24,26,30). The van der Waals surface area contributed by atoms with Crippen LogP contribution < -0.4 is 10.9 Å². The zero-order valence-electron chi connectivity index (χ0n) is 16.4. The summed E-state index contributed by atoms with van der Waals surface area (Å²) in [6.07, 6.45) is 3.75. The Kier molecular flexibility index (Phi) is 5.94. The Balaban J connectivity index is 1.36. The van der Waals surface area contributed by atoms with Gasteiger partial charge in [0.25, 0.3) is 5.56 Å². The molecule has 1 aromatic carbocycles. The van der Waals surface area contributed by atoms with Gasteiger partial charge in [-0.3, -0.25) is 19.0 Å². The molecule has 4 rings (SSSR count). The molecule has 8 nitrogen and oxygen atoms in total. The van der Waals surface area contributed by atoms with Crippen molar-refractivity contribution in [2.24, 2.45) is 5.92 Å². The maximum absolute atomic E-state index is 13.5. The van der Waals surface area contributed by atoms with Crippen LogP contribution in [0.2, 0.25) is 5.02 Å². The molecule has 0 radical (unpaired) electrons. The van der Waals surface area contributed by atoms with E-state index in [1.807, 2.05) is 0 Å². The molecule has 160 valence electrons. The molecule has 1 fully saturated rings. The summed E-state index contributed by atoms with van der Waals surface area (Å²) in [5.74, 6) is -0.761. The first kappa shape index (κ1) is 20.9. The Bertz CT molecular complexity index is 1190. The molecule has 1 aliphatic rings. The van der Waals surface area contributed by atoms with Crippen molar-refractivity contribution >= 4 is 40.1 Å². The number of hydrogen-bond acceptors (Lipinski definition) is 5. The molecule has 0 aliphatic carbocycles. The quantitative estimate of drug-likeness (QED) is 0.668. The molecule has 2 amide bonds. The second kappa shape index (κ2) is 8.81. The highest BCUT2D eigenvalue weighted by Gasteiger charge is 2.27. The van der Waals surface area contributed by atoms with Gasteiger partial charge in [-0.05, 0) is 43.2 Å². The van der Waals surface area contributed by atoms with Crippen LogP contribution in [0.25, 0.3) is 10.9 Å². The monoisotopic (exact) mass is 443 g/mol. The molecule has 0 unspecified atom stereocenters. The second-order valence-corrected chi connectivity index (χ2v) is 7.78. The van der Waals surface area contributed by atoms with Crippen molar-refractivity contribution in [1.29, 1.82) is 0 Å². The van der Waals surface area contributed by atoms with E-state index in [9.17, 15) is 18.8 Å². The van der Waals surface area contributed by atoms with Gasteiger partial charge in [-0.15, -0.1) is 0 Å². The third kappa shape index (κ3) is 4.72. The maximum Gasteiger partial charge on any atom is 0.261 e. The number of nitrogens with one attached hydrogen (secondary N) is 1. The summed E-state index contributed by atoms with van der Waals surface area (Å²) in [5.41, 5.74) is -0.0975. The molecule has 1 aliphatic heterocycles. The van der Waals surface area contributed by atoms with Gasteiger partial charge in [0.2, 0.25) is 11.8 Å². The number of aromatic nitrogens is 3. The Hall–Kier alpha value is -3.33. The fourth-order valence-electron chi connectivity index (χ4n) is 3.56. The van der Waals surface area contributed by atoms with E-state index in [4.69, 9.17) is 11.6 Å². The van der Waals surface area contributed by atoms with Gasteiger partial charge in [0.1, 0.15) is 18.2 Å². The molecule has 31 heavy (non-hydrogen) atoms. The van der Waals surface area contributed by atoms with Crippen molar-refractivity contribution in [2.45, 2.75) is 19.4 Å². The van der Waals surface area contributed by atoms with Crippen LogP contribution in [0.3, 0.4) is 0 Å². The van der Waals surface area contributed by atoms with Crippen LogP contribution in [0, 0.1) is 11.7 Å². The van der Waals surface area contributed by atoms with Gasteiger partial charge >= 0.3 is 0 Å². The van der Waals surface area contributed by atoms with Gasteiger partial charge in [-0.1, -0.05) is 11.6 Å². The van der Waals surface area contributed by atoms with Crippen LogP contribution in [-0.4, -0.2) is 44.3 Å². The van der Waals surface area contributed by atoms with E-state index in [0.717, 1.165) is 6.07 Å². The van der Waals surface area contributed by atoms with E-state index < -0.39 is 11.4 Å². The maximum atomic E-state index is 13.5. The molecule has 0 spiro atoms. The highest BCUT2D eigenvalue weighted by Crippen LogP contribution is 2.20. The Morgan fingerprint density at radius 3 is 2.65 bits per heavy atom. The van der Waals surface area contributed by atoms with Crippen LogP contribution in [0.15, 0.2) is 47.7 Å². The molecule has 1 N–H and O–H groups in total. The summed E-state index contributed by atoms with van der Waals surface area (Å²) in [7, 11) is 0. The number of pyridine rings is 1. The highest BCUT2D eigenvalue weighted by molar-refractivity contribution is 6.30. The number of halogens is 2. The number of nitrogens with zero attached hydrogens (tertiary/aromatic N) is 4. The number of amides is 2. The van der Waals surface area contributed by atoms with Gasteiger partial charge in [-0.2, -0.15) is 0 Å². The van der Waals surface area contributed by atoms with Gasteiger partial charge in [0.15, 0.2) is 0 Å². The third-order valence-corrected chi connectivity index (χ3v) is 5.51. The molecule has 3 heterocycles. The summed E-state index contributed by atoms with van der Waals surface area (Å²) < 4.78 is 14.6. The lowest BCUT2D eigenvalue weighted by molar-refractivity contribution is -0.135. The van der Waals surface area contributed by atoms with Crippen molar-refractivity contribution in [3.8, 4) is 0 Å². The zero-order chi connectivity index (χ0) is 22.0. The van der Waals surface area contributed by atoms with E-state index in [-0.39, 0.29) is 29.7 Å². The van der Waals surface area contributed by atoms with Crippen LogP contribution in [0.4, 0.5) is 10.2 Å². The molecular weight excluding hydrogens is 425 g/mol. The number of piperidine rings is 1. The predicted molar refractivity (Wildman–Crippen MR) is 113 cm³/mol. The minimum atomic E-state index is -0.537. The van der Waals surface area contributed by atoms with Gasteiger partial charge in [0.05, 0.1) is 22.3 Å². The lowest BCUT2D eigenvalue weighted by Gasteiger charge is -2.31. The summed E-state index contributed by atoms with van der Waals surface area (Å²) in [6, 6.07) is 7.04. The number of hydrogen-bond donors (Lipinski definition) is 1. The van der Waals surface area contributed by atoms with Crippen molar-refractivity contribution in [2.75, 3.05) is 18.4 Å². The van der Waals surface area contributed by atoms with Crippen molar-refractivity contribution in [3.05, 3.63) is 64.0 Å². The Morgan fingerprint density at radius 2 is 1.94 bits per heavy atom. The van der Waals surface area contributed by atoms with Crippen LogP contribution >= 0.6 is 11.6 Å². The molecule has 2 aromatic heterocycles. The zero-order valence-corrected chi connectivity index (χ0v) is 17.2. The largest absolute Gasteiger partial charge is 0.341 e. The number of carbonyl (C=O) groups is 2. The SMILES string of the molecule is O=C(Nc1ccc(Cl)cn1)C1CCN(C(=O)Cn2cnc3ccc(F)cc3c2=O)CC1.